The van der Waals surface area contributed by atoms with E-state index in [1.165, 1.54) is 6.42 Å². The number of aromatic hydroxyl groups is 1. The Labute approximate surface area is 171 Å². The van der Waals surface area contributed by atoms with Crippen LogP contribution < -0.4 is 15.2 Å². The zero-order valence-corrected chi connectivity index (χ0v) is 17.1. The monoisotopic (exact) mass is 398 g/mol. The van der Waals surface area contributed by atoms with Crippen LogP contribution in [0.2, 0.25) is 0 Å². The lowest BCUT2D eigenvalue weighted by atomic mass is 9.93. The summed E-state index contributed by atoms with van der Waals surface area (Å²) in [6, 6.07) is 7.19. The lowest BCUT2D eigenvalue weighted by Gasteiger charge is -2.32. The number of aromatic nitrogens is 2. The normalized spacial score (nSPS) is 18.7. The summed E-state index contributed by atoms with van der Waals surface area (Å²) in [5.41, 5.74) is 2.01. The predicted octanol–water partition coefficient (Wildman–Crippen LogP) is 2.85. The maximum absolute atomic E-state index is 12.2. The van der Waals surface area contributed by atoms with Crippen molar-refractivity contribution in [2.75, 3.05) is 38.2 Å². The predicted molar refractivity (Wildman–Crippen MR) is 113 cm³/mol. The van der Waals surface area contributed by atoms with Gasteiger partial charge in [-0.2, -0.15) is 0 Å². The van der Waals surface area contributed by atoms with E-state index in [4.69, 9.17) is 9.72 Å². The van der Waals surface area contributed by atoms with E-state index in [-0.39, 0.29) is 11.3 Å². The molecule has 7 nitrogen and oxygen atoms in total. The molecule has 2 aliphatic rings. The number of methoxy groups -OCH3 is 1. The molecule has 2 N–H and O–H groups in total. The molecule has 0 spiro atoms. The van der Waals surface area contributed by atoms with E-state index in [2.05, 4.69) is 14.8 Å². The number of nitrogens with zero attached hydrogens (tertiary/aromatic N) is 3. The fourth-order valence-electron chi connectivity index (χ4n) is 4.39. The molecule has 0 saturated carbocycles. The summed E-state index contributed by atoms with van der Waals surface area (Å²) in [5, 5.41) is 9.76. The van der Waals surface area contributed by atoms with Gasteiger partial charge in [0, 0.05) is 31.6 Å². The van der Waals surface area contributed by atoms with E-state index in [1.807, 2.05) is 12.1 Å². The van der Waals surface area contributed by atoms with Gasteiger partial charge in [0.05, 0.1) is 12.8 Å². The molecular formula is C22H30N4O3. The number of benzene rings is 1. The second-order valence-corrected chi connectivity index (χ2v) is 8.10. The van der Waals surface area contributed by atoms with Crippen LogP contribution >= 0.6 is 0 Å². The van der Waals surface area contributed by atoms with Gasteiger partial charge >= 0.3 is 0 Å². The van der Waals surface area contributed by atoms with E-state index in [1.54, 1.807) is 19.2 Å². The molecule has 29 heavy (non-hydrogen) atoms. The van der Waals surface area contributed by atoms with Crippen molar-refractivity contribution in [2.24, 2.45) is 0 Å². The van der Waals surface area contributed by atoms with Crippen molar-refractivity contribution in [3.8, 4) is 11.5 Å². The molecule has 0 amide bonds. The van der Waals surface area contributed by atoms with Crippen molar-refractivity contribution in [1.29, 1.82) is 0 Å². The lowest BCUT2D eigenvalue weighted by molar-refractivity contribution is 0.203. The number of ether oxygens (including phenoxy) is 1. The number of rotatable bonds is 5. The Hall–Kier alpha value is -2.54. The molecule has 2 aliphatic heterocycles. The highest BCUT2D eigenvalue weighted by Gasteiger charge is 2.24. The zero-order valence-electron chi connectivity index (χ0n) is 17.1. The molecule has 2 aromatic rings. The van der Waals surface area contributed by atoms with Gasteiger partial charge in [-0.3, -0.25) is 14.7 Å². The third-order valence-electron chi connectivity index (χ3n) is 6.06. The van der Waals surface area contributed by atoms with Gasteiger partial charge < -0.3 is 14.7 Å². The highest BCUT2D eigenvalue weighted by Crippen LogP contribution is 2.30. The maximum atomic E-state index is 12.2. The molecule has 1 aromatic heterocycles. The SMILES string of the molecule is COc1cc(CN2CCC(c3cc(=O)[nH]c(N4CCCCC4)n3)CC2)ccc1O. The fraction of sp³-hybridized carbons (Fsp3) is 0.545. The van der Waals surface area contributed by atoms with Crippen molar-refractivity contribution in [3.63, 3.8) is 0 Å². The second kappa shape index (κ2) is 8.86. The quantitative estimate of drug-likeness (QED) is 0.806. The summed E-state index contributed by atoms with van der Waals surface area (Å²) in [6.45, 7) is 4.69. The molecule has 0 atom stereocenters. The molecule has 0 radical (unpaired) electrons. The van der Waals surface area contributed by atoms with E-state index < -0.39 is 0 Å². The summed E-state index contributed by atoms with van der Waals surface area (Å²) in [6.07, 6.45) is 5.56. The summed E-state index contributed by atoms with van der Waals surface area (Å²) in [4.78, 5) is 24.6. The second-order valence-electron chi connectivity index (χ2n) is 8.10. The minimum Gasteiger partial charge on any atom is -0.504 e. The Bertz CT molecular complexity index is 884. The van der Waals surface area contributed by atoms with Crippen LogP contribution in [-0.2, 0) is 6.54 Å². The molecular weight excluding hydrogens is 368 g/mol. The van der Waals surface area contributed by atoms with Crippen molar-refractivity contribution >= 4 is 5.95 Å². The van der Waals surface area contributed by atoms with Gasteiger partial charge in [0.2, 0.25) is 5.95 Å². The molecule has 0 unspecified atom stereocenters. The number of anilines is 1. The van der Waals surface area contributed by atoms with Gasteiger partial charge in [-0.15, -0.1) is 0 Å². The zero-order chi connectivity index (χ0) is 20.2. The van der Waals surface area contributed by atoms with Crippen LogP contribution in [0.5, 0.6) is 11.5 Å². The van der Waals surface area contributed by atoms with E-state index in [0.717, 1.165) is 75.6 Å². The van der Waals surface area contributed by atoms with Gasteiger partial charge in [-0.25, -0.2) is 4.98 Å². The first-order valence-corrected chi connectivity index (χ1v) is 10.6. The summed E-state index contributed by atoms with van der Waals surface area (Å²) >= 11 is 0. The van der Waals surface area contributed by atoms with Crippen molar-refractivity contribution in [3.05, 3.63) is 45.9 Å². The van der Waals surface area contributed by atoms with Crippen molar-refractivity contribution in [2.45, 2.75) is 44.6 Å². The molecule has 1 aromatic carbocycles. The average Bonchev–Trinajstić information content (AvgIpc) is 2.76. The number of H-pyrrole nitrogens is 1. The van der Waals surface area contributed by atoms with Crippen LogP contribution in [0.1, 0.15) is 49.3 Å². The Kier molecular flexibility index (Phi) is 6.04. The van der Waals surface area contributed by atoms with Crippen LogP contribution in [-0.4, -0.2) is 53.3 Å². The average molecular weight is 399 g/mol. The standard InChI is InChI=1S/C22H30N4O3/c1-29-20-13-16(5-6-19(20)27)15-25-11-7-17(8-12-25)18-14-21(28)24-22(23-18)26-9-3-2-4-10-26/h5-6,13-14,17,27H,2-4,7-12,15H2,1H3,(H,23,24,28). The number of hydrogen-bond donors (Lipinski definition) is 2. The van der Waals surface area contributed by atoms with Gasteiger partial charge in [-0.05, 0) is 62.9 Å². The van der Waals surface area contributed by atoms with Crippen LogP contribution in [0.25, 0.3) is 0 Å². The highest BCUT2D eigenvalue weighted by molar-refractivity contribution is 5.41. The molecule has 2 fully saturated rings. The lowest BCUT2D eigenvalue weighted by Crippen LogP contribution is -2.35. The van der Waals surface area contributed by atoms with E-state index in [9.17, 15) is 9.90 Å². The highest BCUT2D eigenvalue weighted by atomic mass is 16.5. The number of aromatic amines is 1. The molecule has 7 heteroatoms. The number of phenolic OH excluding ortho intramolecular Hbond substituents is 1. The first-order valence-electron chi connectivity index (χ1n) is 10.6. The maximum Gasteiger partial charge on any atom is 0.252 e. The van der Waals surface area contributed by atoms with Gasteiger partial charge in [0.15, 0.2) is 11.5 Å². The Morgan fingerprint density at radius 2 is 1.90 bits per heavy atom. The summed E-state index contributed by atoms with van der Waals surface area (Å²) in [7, 11) is 1.57. The smallest absolute Gasteiger partial charge is 0.252 e. The minimum atomic E-state index is -0.0470. The van der Waals surface area contributed by atoms with Crippen LogP contribution in [0.3, 0.4) is 0 Å². The van der Waals surface area contributed by atoms with E-state index in [0.29, 0.717) is 11.7 Å². The molecule has 2 saturated heterocycles. The first-order chi connectivity index (χ1) is 14.1. The fourth-order valence-corrected chi connectivity index (χ4v) is 4.39. The molecule has 156 valence electrons. The summed E-state index contributed by atoms with van der Waals surface area (Å²) < 4.78 is 5.21. The molecule has 0 bridgehead atoms. The van der Waals surface area contributed by atoms with Crippen LogP contribution in [0.15, 0.2) is 29.1 Å². The Balaban J connectivity index is 1.39. The van der Waals surface area contributed by atoms with Gasteiger partial charge in [0.25, 0.3) is 5.56 Å². The minimum absolute atomic E-state index is 0.0470. The summed E-state index contributed by atoms with van der Waals surface area (Å²) in [5.74, 6) is 1.74. The number of phenols is 1. The number of nitrogens with one attached hydrogen (secondary N) is 1. The topological polar surface area (TPSA) is 81.7 Å². The van der Waals surface area contributed by atoms with Crippen LogP contribution in [0, 0.1) is 0 Å². The van der Waals surface area contributed by atoms with E-state index >= 15 is 0 Å². The molecule has 3 heterocycles. The molecule has 4 rings (SSSR count). The Morgan fingerprint density at radius 3 is 2.62 bits per heavy atom. The number of likely N-dealkylation sites (tertiary alicyclic amines) is 1. The largest absolute Gasteiger partial charge is 0.504 e. The first kappa shape index (κ1) is 19.8. The van der Waals surface area contributed by atoms with Crippen molar-refractivity contribution in [1.82, 2.24) is 14.9 Å². The Morgan fingerprint density at radius 1 is 1.14 bits per heavy atom. The number of hydrogen-bond acceptors (Lipinski definition) is 6. The van der Waals surface area contributed by atoms with Crippen LogP contribution in [0.4, 0.5) is 5.95 Å². The number of piperidine rings is 2. The van der Waals surface area contributed by atoms with Gasteiger partial charge in [-0.1, -0.05) is 6.07 Å². The third kappa shape index (κ3) is 4.72. The van der Waals surface area contributed by atoms with Gasteiger partial charge in [0.1, 0.15) is 0 Å². The van der Waals surface area contributed by atoms with Crippen molar-refractivity contribution < 1.29 is 9.84 Å². The third-order valence-corrected chi connectivity index (χ3v) is 6.06. The molecule has 0 aliphatic carbocycles.